The lowest BCUT2D eigenvalue weighted by atomic mass is 10.0. The second-order valence-corrected chi connectivity index (χ2v) is 5.87. The number of carbonyl (C=O) groups excluding carboxylic acids is 2. The largest absolute Gasteiger partial charge is 0.466 e. The molecule has 2 aromatic rings. The van der Waals surface area contributed by atoms with Gasteiger partial charge in [0.15, 0.2) is 0 Å². The summed E-state index contributed by atoms with van der Waals surface area (Å²) in [5.41, 5.74) is 0.218. The highest BCUT2D eigenvalue weighted by Gasteiger charge is 2.47. The summed E-state index contributed by atoms with van der Waals surface area (Å²) >= 11 is 5.83. The zero-order chi connectivity index (χ0) is 16.6. The molecule has 0 fully saturated rings. The van der Waals surface area contributed by atoms with Crippen molar-refractivity contribution in [3.05, 3.63) is 47.2 Å². The molecule has 1 aromatic carbocycles. The van der Waals surface area contributed by atoms with Gasteiger partial charge in [-0.3, -0.25) is 14.6 Å². The summed E-state index contributed by atoms with van der Waals surface area (Å²) in [7, 11) is 0. The number of nitrogens with one attached hydrogen (secondary N) is 2. The monoisotopic (exact) mass is 331 g/mol. The number of rotatable bonds is 2. The van der Waals surface area contributed by atoms with Crippen LogP contribution in [-0.2, 0) is 9.59 Å². The van der Waals surface area contributed by atoms with E-state index in [-0.39, 0.29) is 0 Å². The molecular formula is C16H14ClN3O3. The van der Waals surface area contributed by atoms with E-state index in [2.05, 4.69) is 15.6 Å². The number of hydrogen-bond acceptors (Lipinski definition) is 4. The van der Waals surface area contributed by atoms with Crippen molar-refractivity contribution in [1.82, 2.24) is 4.98 Å². The number of pyridine rings is 1. The molecule has 1 aliphatic rings. The third kappa shape index (κ3) is 2.85. The summed E-state index contributed by atoms with van der Waals surface area (Å²) < 4.78 is 5.67. The summed E-state index contributed by atoms with van der Waals surface area (Å²) in [6.45, 7) is 3.32. The van der Waals surface area contributed by atoms with Gasteiger partial charge < -0.3 is 15.4 Å². The van der Waals surface area contributed by atoms with E-state index in [4.69, 9.17) is 16.3 Å². The van der Waals surface area contributed by atoms with Crippen LogP contribution in [0.25, 0.3) is 0 Å². The minimum atomic E-state index is -1.69. The maximum atomic E-state index is 12.5. The van der Waals surface area contributed by atoms with Gasteiger partial charge in [-0.25, -0.2) is 0 Å². The van der Waals surface area contributed by atoms with Gasteiger partial charge >= 0.3 is 0 Å². The third-order valence-corrected chi connectivity index (χ3v) is 3.73. The van der Waals surface area contributed by atoms with Gasteiger partial charge in [0, 0.05) is 6.20 Å². The molecule has 0 aliphatic carbocycles. The van der Waals surface area contributed by atoms with Gasteiger partial charge in [-0.1, -0.05) is 17.7 Å². The van der Waals surface area contributed by atoms with E-state index >= 15 is 0 Å². The molecule has 0 bridgehead atoms. The molecule has 2 amide bonds. The van der Waals surface area contributed by atoms with Crippen LogP contribution >= 0.6 is 11.6 Å². The molecule has 1 unspecified atom stereocenters. The molecule has 0 saturated carbocycles. The van der Waals surface area contributed by atoms with Gasteiger partial charge in [0.1, 0.15) is 5.75 Å². The highest BCUT2D eigenvalue weighted by Crippen LogP contribution is 2.34. The van der Waals surface area contributed by atoms with Crippen molar-refractivity contribution in [3.63, 3.8) is 0 Å². The molecule has 7 heteroatoms. The first-order chi connectivity index (χ1) is 10.9. The van der Waals surface area contributed by atoms with E-state index in [9.17, 15) is 9.59 Å². The number of amides is 2. The molecule has 6 nitrogen and oxygen atoms in total. The molecule has 23 heavy (non-hydrogen) atoms. The summed E-state index contributed by atoms with van der Waals surface area (Å²) in [5.74, 6) is -0.703. The summed E-state index contributed by atoms with van der Waals surface area (Å²) in [6, 6.07) is 6.88. The lowest BCUT2D eigenvalue weighted by Crippen LogP contribution is -2.56. The fourth-order valence-electron chi connectivity index (χ4n) is 2.22. The molecule has 0 spiro atoms. The average Bonchev–Trinajstić information content (AvgIpc) is 2.49. The Labute approximate surface area is 137 Å². The predicted molar refractivity (Wildman–Crippen MR) is 86.7 cm³/mol. The second-order valence-electron chi connectivity index (χ2n) is 5.44. The number of carbonyl (C=O) groups is 2. The maximum absolute atomic E-state index is 12.5. The van der Waals surface area contributed by atoms with Gasteiger partial charge in [-0.2, -0.15) is 0 Å². The fourth-order valence-corrected chi connectivity index (χ4v) is 2.39. The van der Waals surface area contributed by atoms with Crippen LogP contribution in [-0.4, -0.2) is 22.4 Å². The van der Waals surface area contributed by atoms with Crippen LogP contribution in [0.3, 0.4) is 0 Å². The number of halogens is 1. The lowest BCUT2D eigenvalue weighted by Gasteiger charge is -2.33. The van der Waals surface area contributed by atoms with Gasteiger partial charge in [0.05, 0.1) is 22.6 Å². The quantitative estimate of drug-likeness (QED) is 0.829. The number of nitrogens with zero attached hydrogens (tertiary/aromatic N) is 1. The van der Waals surface area contributed by atoms with Crippen molar-refractivity contribution in [1.29, 1.82) is 0 Å². The summed E-state index contributed by atoms with van der Waals surface area (Å²) in [5, 5.41) is 5.67. The Bertz CT molecular complexity index is 809. The van der Waals surface area contributed by atoms with Crippen LogP contribution < -0.4 is 15.4 Å². The smallest absolute Gasteiger partial charge is 0.278 e. The molecule has 0 radical (unpaired) electrons. The van der Waals surface area contributed by atoms with E-state index < -0.39 is 17.4 Å². The first-order valence-electron chi connectivity index (χ1n) is 6.91. The van der Waals surface area contributed by atoms with Crippen molar-refractivity contribution in [2.24, 2.45) is 0 Å². The van der Waals surface area contributed by atoms with E-state index in [1.165, 1.54) is 25.4 Å². The number of anilines is 2. The number of fused-ring (bicyclic) bond motifs is 1. The predicted octanol–water partition coefficient (Wildman–Crippen LogP) is 2.77. The molecule has 2 heterocycles. The van der Waals surface area contributed by atoms with E-state index in [0.717, 1.165) is 5.56 Å². The van der Waals surface area contributed by atoms with Crippen LogP contribution in [0.4, 0.5) is 11.4 Å². The summed E-state index contributed by atoms with van der Waals surface area (Å²) in [4.78, 5) is 28.8. The van der Waals surface area contributed by atoms with Gasteiger partial charge in [-0.15, -0.1) is 0 Å². The number of aryl methyl sites for hydroxylation is 1. The molecular weight excluding hydrogens is 318 g/mol. The van der Waals surface area contributed by atoms with E-state index in [1.807, 2.05) is 13.0 Å². The standard InChI is InChI=1S/C16H14ClN3O3/c1-9-3-4-13-12(5-9)20-15(22)16(2,23-13)14(21)19-11-6-10(17)7-18-8-11/h3-8H,1-2H3,(H,19,21)(H,20,22). The molecule has 118 valence electrons. The first-order valence-corrected chi connectivity index (χ1v) is 7.29. The van der Waals surface area contributed by atoms with Crippen LogP contribution in [0, 0.1) is 6.92 Å². The van der Waals surface area contributed by atoms with Gasteiger partial charge in [0.25, 0.3) is 17.4 Å². The Morgan fingerprint density at radius 1 is 1.35 bits per heavy atom. The molecule has 1 atom stereocenters. The van der Waals surface area contributed by atoms with Gasteiger partial charge in [0.2, 0.25) is 0 Å². The van der Waals surface area contributed by atoms with E-state index in [0.29, 0.717) is 22.1 Å². The van der Waals surface area contributed by atoms with Crippen molar-refractivity contribution < 1.29 is 14.3 Å². The van der Waals surface area contributed by atoms with E-state index in [1.54, 1.807) is 12.1 Å². The number of hydrogen-bond donors (Lipinski definition) is 2. The Balaban J connectivity index is 1.87. The number of aromatic nitrogens is 1. The Hall–Kier alpha value is -2.60. The average molecular weight is 332 g/mol. The Morgan fingerprint density at radius 2 is 2.13 bits per heavy atom. The van der Waals surface area contributed by atoms with Crippen LogP contribution in [0.1, 0.15) is 12.5 Å². The minimum absolute atomic E-state index is 0.378. The topological polar surface area (TPSA) is 80.3 Å². The van der Waals surface area contributed by atoms with Crippen molar-refractivity contribution >= 4 is 34.8 Å². The Morgan fingerprint density at radius 3 is 2.87 bits per heavy atom. The maximum Gasteiger partial charge on any atom is 0.278 e. The molecule has 1 aromatic heterocycles. The fraction of sp³-hybridized carbons (Fsp3) is 0.188. The van der Waals surface area contributed by atoms with Crippen molar-refractivity contribution in [3.8, 4) is 5.75 Å². The number of benzene rings is 1. The summed E-state index contributed by atoms with van der Waals surface area (Å²) in [6.07, 6.45) is 2.88. The van der Waals surface area contributed by atoms with Gasteiger partial charge in [-0.05, 0) is 37.6 Å². The first kappa shape index (κ1) is 15.3. The molecule has 3 rings (SSSR count). The molecule has 0 saturated heterocycles. The zero-order valence-electron chi connectivity index (χ0n) is 12.5. The lowest BCUT2D eigenvalue weighted by molar-refractivity contribution is -0.143. The number of ether oxygens (including phenoxy) is 1. The minimum Gasteiger partial charge on any atom is -0.466 e. The molecule has 2 N–H and O–H groups in total. The third-order valence-electron chi connectivity index (χ3n) is 3.53. The van der Waals surface area contributed by atoms with Crippen molar-refractivity contribution in [2.75, 3.05) is 10.6 Å². The van der Waals surface area contributed by atoms with Crippen molar-refractivity contribution in [2.45, 2.75) is 19.4 Å². The van der Waals surface area contributed by atoms with Crippen LogP contribution in [0.2, 0.25) is 5.02 Å². The normalized spacial score (nSPS) is 19.3. The highest BCUT2D eigenvalue weighted by atomic mass is 35.5. The molecule has 1 aliphatic heterocycles. The van der Waals surface area contributed by atoms with Crippen LogP contribution in [0.15, 0.2) is 36.7 Å². The highest BCUT2D eigenvalue weighted by molar-refractivity contribution is 6.30. The second kappa shape index (κ2) is 5.55. The SMILES string of the molecule is Cc1ccc2c(c1)NC(=O)C(C)(C(=O)Nc1cncc(Cl)c1)O2. The Kier molecular flexibility index (Phi) is 3.69. The van der Waals surface area contributed by atoms with Crippen LogP contribution in [0.5, 0.6) is 5.75 Å². The zero-order valence-corrected chi connectivity index (χ0v) is 13.3.